The minimum Gasteiger partial charge on any atom is -0.278 e. The van der Waals surface area contributed by atoms with Crippen molar-refractivity contribution in [2.24, 2.45) is 9.98 Å². The molecule has 0 bridgehead atoms. The summed E-state index contributed by atoms with van der Waals surface area (Å²) >= 11 is 0. The maximum absolute atomic E-state index is 5.28. The van der Waals surface area contributed by atoms with Crippen LogP contribution in [0.2, 0.25) is 0 Å². The van der Waals surface area contributed by atoms with Gasteiger partial charge in [-0.2, -0.15) is 0 Å². The Hall–Kier alpha value is -8.48. The Bertz CT molecular complexity index is 3510. The summed E-state index contributed by atoms with van der Waals surface area (Å²) in [6.45, 7) is 6.46. The number of fused-ring (bicyclic) bond motifs is 6. The molecule has 0 saturated carbocycles. The van der Waals surface area contributed by atoms with Crippen molar-refractivity contribution < 1.29 is 0 Å². The number of benzene rings is 8. The largest absolute Gasteiger partial charge is 0.278 e. The molecular formula is C57H40N6. The van der Waals surface area contributed by atoms with E-state index < -0.39 is 0 Å². The highest BCUT2D eigenvalue weighted by molar-refractivity contribution is 6.18. The summed E-state index contributed by atoms with van der Waals surface area (Å²) in [5.74, 6) is 1.15. The highest BCUT2D eigenvalue weighted by Gasteiger charge is 2.20. The summed E-state index contributed by atoms with van der Waals surface area (Å²) in [5, 5.41) is 4.48. The molecule has 11 aromatic rings. The minimum absolute atomic E-state index is 0.536. The molecule has 0 N–H and O–H groups in total. The lowest BCUT2D eigenvalue weighted by molar-refractivity contribution is 0.996. The predicted octanol–water partition coefficient (Wildman–Crippen LogP) is 14.1. The quantitative estimate of drug-likeness (QED) is 0.119. The van der Waals surface area contributed by atoms with Gasteiger partial charge in [0.2, 0.25) is 11.9 Å². The Morgan fingerprint density at radius 1 is 0.413 bits per heavy atom. The molecule has 0 aliphatic rings. The van der Waals surface area contributed by atoms with Crippen molar-refractivity contribution in [1.29, 1.82) is 0 Å². The van der Waals surface area contributed by atoms with Crippen LogP contribution in [0.15, 0.2) is 229 Å². The molecule has 3 heterocycles. The fourth-order valence-corrected chi connectivity index (χ4v) is 8.61. The fourth-order valence-electron chi connectivity index (χ4n) is 8.61. The molecule has 0 spiro atoms. The van der Waals surface area contributed by atoms with Crippen molar-refractivity contribution in [3.63, 3.8) is 0 Å². The van der Waals surface area contributed by atoms with E-state index in [2.05, 4.69) is 143 Å². The van der Waals surface area contributed by atoms with Gasteiger partial charge in [0.05, 0.1) is 39.2 Å². The Morgan fingerprint density at radius 2 is 0.873 bits per heavy atom. The van der Waals surface area contributed by atoms with Crippen LogP contribution in [0, 0.1) is 0 Å². The first-order valence-corrected chi connectivity index (χ1v) is 21.1. The van der Waals surface area contributed by atoms with Crippen LogP contribution in [0.3, 0.4) is 0 Å². The van der Waals surface area contributed by atoms with E-state index in [0.717, 1.165) is 94.1 Å². The third kappa shape index (κ3) is 6.90. The molecule has 0 saturated heterocycles. The molecule has 11 rings (SSSR count). The van der Waals surface area contributed by atoms with Gasteiger partial charge in [-0.1, -0.05) is 189 Å². The lowest BCUT2D eigenvalue weighted by atomic mass is 10.0. The van der Waals surface area contributed by atoms with Gasteiger partial charge in [-0.05, 0) is 59.5 Å². The standard InChI is InChI=1S/C57H40N6/c1-38(40-19-7-3-8-20-40)58-56(59-39(2)41-21-9-4-10-22-41)62-52-29-17-15-27-46(52)48-33-31-44(35-54(48)62)45-32-34-49-47-28-16-18-30-53(47)63(55(49)36-45)57-60-50(42-23-11-5-12-24-42)37-51(61-57)43-25-13-6-14-26-43/h3-37H,1H2,2H3/b58-56+,59-39+. The lowest BCUT2D eigenvalue weighted by Gasteiger charge is -2.13. The monoisotopic (exact) mass is 808 g/mol. The average Bonchev–Trinajstić information content (AvgIpc) is 3.87. The Balaban J connectivity index is 1.13. The Kier molecular flexibility index (Phi) is 9.44. The summed E-state index contributed by atoms with van der Waals surface area (Å²) in [7, 11) is 0. The van der Waals surface area contributed by atoms with Crippen molar-refractivity contribution in [1.82, 2.24) is 19.1 Å². The van der Waals surface area contributed by atoms with Gasteiger partial charge in [0.25, 0.3) is 0 Å². The number of aromatic nitrogens is 4. The van der Waals surface area contributed by atoms with Crippen molar-refractivity contribution in [3.8, 4) is 39.6 Å². The topological polar surface area (TPSA) is 60.4 Å². The van der Waals surface area contributed by atoms with Gasteiger partial charge in [0.1, 0.15) is 0 Å². The maximum atomic E-state index is 5.28. The molecule has 6 heteroatoms. The highest BCUT2D eigenvalue weighted by Crippen LogP contribution is 2.38. The zero-order valence-corrected chi connectivity index (χ0v) is 34.6. The molecule has 8 aromatic carbocycles. The number of hydrogen-bond donors (Lipinski definition) is 0. The van der Waals surface area contributed by atoms with E-state index in [1.807, 2.05) is 91.9 Å². The maximum Gasteiger partial charge on any atom is 0.235 e. The summed E-state index contributed by atoms with van der Waals surface area (Å²) < 4.78 is 4.39. The second kappa shape index (κ2) is 15.8. The van der Waals surface area contributed by atoms with Crippen LogP contribution in [0.4, 0.5) is 0 Å². The molecule has 0 unspecified atom stereocenters. The van der Waals surface area contributed by atoms with Crippen molar-refractivity contribution in [3.05, 3.63) is 230 Å². The second-order valence-electron chi connectivity index (χ2n) is 15.6. The van der Waals surface area contributed by atoms with Crippen molar-refractivity contribution >= 4 is 61.0 Å². The summed E-state index contributed by atoms with van der Waals surface area (Å²) in [5.41, 5.74) is 13.4. The average molecular weight is 809 g/mol. The van der Waals surface area contributed by atoms with Gasteiger partial charge in [-0.25, -0.2) is 20.0 Å². The first kappa shape index (κ1) is 37.5. The van der Waals surface area contributed by atoms with E-state index in [4.69, 9.17) is 20.0 Å². The van der Waals surface area contributed by atoms with Crippen molar-refractivity contribution in [2.45, 2.75) is 6.92 Å². The highest BCUT2D eigenvalue weighted by atomic mass is 15.2. The zero-order valence-electron chi connectivity index (χ0n) is 34.6. The van der Waals surface area contributed by atoms with E-state index in [-0.39, 0.29) is 0 Å². The van der Waals surface area contributed by atoms with Gasteiger partial charge in [-0.15, -0.1) is 0 Å². The van der Waals surface area contributed by atoms with Crippen LogP contribution >= 0.6 is 0 Å². The van der Waals surface area contributed by atoms with Gasteiger partial charge in [0.15, 0.2) is 0 Å². The molecule has 0 fully saturated rings. The van der Waals surface area contributed by atoms with Crippen LogP contribution in [-0.2, 0) is 0 Å². The van der Waals surface area contributed by atoms with Gasteiger partial charge < -0.3 is 0 Å². The Morgan fingerprint density at radius 3 is 1.48 bits per heavy atom. The zero-order chi connectivity index (χ0) is 42.3. The number of aliphatic imine (C=N–C) groups is 2. The molecule has 3 aromatic heterocycles. The SMILES string of the molecule is C=C(/N=C(\N=C(/C)c1ccccc1)n1c2ccccc2c2ccc(-c3ccc4c5ccccc5n(-c5nc(-c6ccccc6)cc(-c6ccccc6)n5)c4c3)cc21)c1ccccc1. The molecule has 0 atom stereocenters. The van der Waals surface area contributed by atoms with E-state index in [1.165, 1.54) is 0 Å². The van der Waals surface area contributed by atoms with E-state index in [1.54, 1.807) is 0 Å². The summed E-state index contributed by atoms with van der Waals surface area (Å²) in [6.07, 6.45) is 0. The van der Waals surface area contributed by atoms with Crippen LogP contribution in [-0.4, -0.2) is 30.8 Å². The van der Waals surface area contributed by atoms with Crippen molar-refractivity contribution in [2.75, 3.05) is 0 Å². The van der Waals surface area contributed by atoms with Crippen LogP contribution in [0.25, 0.3) is 88.9 Å². The third-order valence-corrected chi connectivity index (χ3v) is 11.7. The molecule has 0 aliphatic heterocycles. The normalized spacial score (nSPS) is 12.1. The fraction of sp³-hybridized carbons (Fsp3) is 0.0175. The number of rotatable bonds is 7. The van der Waals surface area contributed by atoms with Crippen LogP contribution < -0.4 is 0 Å². The van der Waals surface area contributed by atoms with Crippen LogP contribution in [0.5, 0.6) is 0 Å². The molecule has 63 heavy (non-hydrogen) atoms. The van der Waals surface area contributed by atoms with E-state index in [9.17, 15) is 0 Å². The smallest absolute Gasteiger partial charge is 0.235 e. The molecule has 0 aliphatic carbocycles. The molecule has 6 nitrogen and oxygen atoms in total. The third-order valence-electron chi connectivity index (χ3n) is 11.7. The number of nitrogens with zero attached hydrogens (tertiary/aromatic N) is 6. The first-order valence-electron chi connectivity index (χ1n) is 21.1. The first-order chi connectivity index (χ1) is 31.1. The molecule has 298 valence electrons. The van der Waals surface area contributed by atoms with E-state index in [0.29, 0.717) is 17.6 Å². The minimum atomic E-state index is 0.536. The molecule has 0 radical (unpaired) electrons. The molecular weight excluding hydrogens is 769 g/mol. The summed E-state index contributed by atoms with van der Waals surface area (Å²) in [6, 6.07) is 73.4. The Labute approximate surface area is 365 Å². The van der Waals surface area contributed by atoms with Gasteiger partial charge >= 0.3 is 0 Å². The number of para-hydroxylation sites is 2. The predicted molar refractivity (Wildman–Crippen MR) is 263 cm³/mol. The number of hydrogen-bond acceptors (Lipinski definition) is 3. The summed E-state index contributed by atoms with van der Waals surface area (Å²) in [4.78, 5) is 21.0. The second-order valence-corrected chi connectivity index (χ2v) is 15.6. The molecule has 0 amide bonds. The van der Waals surface area contributed by atoms with Gasteiger partial charge in [0, 0.05) is 38.4 Å². The lowest BCUT2D eigenvalue weighted by Crippen LogP contribution is -2.12. The van der Waals surface area contributed by atoms with Crippen LogP contribution in [0.1, 0.15) is 18.1 Å². The van der Waals surface area contributed by atoms with Gasteiger partial charge in [-0.3, -0.25) is 9.13 Å². The van der Waals surface area contributed by atoms with E-state index >= 15 is 0 Å².